The largest absolute Gasteiger partial charge is 0.462 e. The van der Waals surface area contributed by atoms with Crippen molar-refractivity contribution in [1.29, 1.82) is 0 Å². The van der Waals surface area contributed by atoms with Crippen molar-refractivity contribution in [3.8, 4) is 0 Å². The normalized spacial score (nSPS) is 12.4. The Bertz CT molecular complexity index is 980. The minimum atomic E-state index is -0.806. The molecule has 0 spiro atoms. The summed E-state index contributed by atoms with van der Waals surface area (Å²) < 4.78 is 16.6. The predicted molar refractivity (Wildman–Crippen MR) is 233 cm³/mol. The molecule has 0 aliphatic heterocycles. The molecule has 0 heterocycles. The van der Waals surface area contributed by atoms with Gasteiger partial charge in [-0.15, -0.1) is 0 Å². The summed E-state index contributed by atoms with van der Waals surface area (Å²) in [4.78, 5) is 37.6. The summed E-state index contributed by atoms with van der Waals surface area (Å²) in [6.45, 7) is 6.40. The van der Waals surface area contributed by atoms with E-state index in [4.69, 9.17) is 14.2 Å². The highest BCUT2D eigenvalue weighted by molar-refractivity contribution is 5.72. The average molecular weight is 771 g/mol. The van der Waals surface area contributed by atoms with Crippen LogP contribution in [0.4, 0.5) is 0 Å². The van der Waals surface area contributed by atoms with Gasteiger partial charge in [0.2, 0.25) is 0 Å². The van der Waals surface area contributed by atoms with E-state index < -0.39 is 12.1 Å². The Hall–Kier alpha value is -2.63. The molecule has 0 bridgehead atoms. The molecule has 6 heteroatoms. The molecule has 0 saturated carbocycles. The molecule has 1 atom stereocenters. The van der Waals surface area contributed by atoms with Crippen LogP contribution in [-0.2, 0) is 28.6 Å². The van der Waals surface area contributed by atoms with Crippen molar-refractivity contribution in [1.82, 2.24) is 0 Å². The van der Waals surface area contributed by atoms with Gasteiger partial charge in [0.15, 0.2) is 6.10 Å². The van der Waals surface area contributed by atoms with Crippen molar-refractivity contribution in [2.45, 2.75) is 232 Å². The number of allylic oxidation sites excluding steroid dienone is 7. The van der Waals surface area contributed by atoms with Gasteiger partial charge in [-0.2, -0.15) is 0 Å². The molecule has 0 aromatic heterocycles. The van der Waals surface area contributed by atoms with Gasteiger partial charge in [-0.25, -0.2) is 0 Å². The van der Waals surface area contributed by atoms with Crippen LogP contribution in [0.3, 0.4) is 0 Å². The maximum atomic E-state index is 12.7. The van der Waals surface area contributed by atoms with E-state index in [1.807, 2.05) is 6.08 Å². The van der Waals surface area contributed by atoms with Crippen molar-refractivity contribution in [3.05, 3.63) is 48.6 Å². The first kappa shape index (κ1) is 52.4. The third-order valence-electron chi connectivity index (χ3n) is 9.85. The van der Waals surface area contributed by atoms with E-state index in [-0.39, 0.29) is 31.6 Å². The van der Waals surface area contributed by atoms with Crippen LogP contribution in [0.15, 0.2) is 48.6 Å². The van der Waals surface area contributed by atoms with Crippen LogP contribution in [0.1, 0.15) is 226 Å². The monoisotopic (exact) mass is 771 g/mol. The zero-order chi connectivity index (χ0) is 40.1. The number of carbonyl (C=O) groups excluding carboxylic acids is 3. The molecule has 0 fully saturated rings. The summed E-state index contributed by atoms with van der Waals surface area (Å²) in [7, 11) is 0. The summed E-state index contributed by atoms with van der Waals surface area (Å²) in [6.07, 6.45) is 51.3. The first-order valence-electron chi connectivity index (χ1n) is 23.1. The van der Waals surface area contributed by atoms with Crippen LogP contribution >= 0.6 is 0 Å². The number of carbonyl (C=O) groups is 3. The lowest BCUT2D eigenvalue weighted by atomic mass is 10.0. The molecule has 0 aromatic carbocycles. The molecular formula is C49H86O6. The molecular weight excluding hydrogens is 685 g/mol. The Morgan fingerprint density at radius 1 is 0.400 bits per heavy atom. The summed E-state index contributed by atoms with van der Waals surface area (Å²) in [5.41, 5.74) is 0. The van der Waals surface area contributed by atoms with Gasteiger partial charge >= 0.3 is 17.9 Å². The number of hydrogen-bond acceptors (Lipinski definition) is 6. The van der Waals surface area contributed by atoms with E-state index in [2.05, 4.69) is 57.2 Å². The third-order valence-corrected chi connectivity index (χ3v) is 9.85. The number of rotatable bonds is 41. The van der Waals surface area contributed by atoms with Crippen LogP contribution in [0.25, 0.3) is 0 Å². The van der Waals surface area contributed by atoms with Gasteiger partial charge in [-0.1, -0.05) is 198 Å². The minimum absolute atomic E-state index is 0.103. The molecule has 0 N–H and O–H groups in total. The summed E-state index contributed by atoms with van der Waals surface area (Å²) in [5, 5.41) is 0. The highest BCUT2D eigenvalue weighted by Crippen LogP contribution is 2.14. The van der Waals surface area contributed by atoms with E-state index in [1.54, 1.807) is 6.08 Å². The summed E-state index contributed by atoms with van der Waals surface area (Å²) in [5.74, 6) is -1.04. The maximum absolute atomic E-state index is 12.7. The number of esters is 3. The van der Waals surface area contributed by atoms with Crippen LogP contribution in [0.2, 0.25) is 0 Å². The Labute approximate surface area is 339 Å². The lowest BCUT2D eigenvalue weighted by Crippen LogP contribution is -2.30. The first-order chi connectivity index (χ1) is 27.0. The predicted octanol–water partition coefficient (Wildman–Crippen LogP) is 14.8. The van der Waals surface area contributed by atoms with Gasteiger partial charge in [-0.05, 0) is 57.8 Å². The van der Waals surface area contributed by atoms with Gasteiger partial charge in [0.25, 0.3) is 0 Å². The third kappa shape index (κ3) is 42.4. The van der Waals surface area contributed by atoms with E-state index in [9.17, 15) is 14.4 Å². The fourth-order valence-electron chi connectivity index (χ4n) is 6.38. The van der Waals surface area contributed by atoms with Crippen molar-refractivity contribution in [2.75, 3.05) is 13.2 Å². The number of ether oxygens (including phenoxy) is 3. The maximum Gasteiger partial charge on any atom is 0.309 e. The Morgan fingerprint density at radius 2 is 0.782 bits per heavy atom. The van der Waals surface area contributed by atoms with E-state index in [0.29, 0.717) is 12.8 Å². The first-order valence-corrected chi connectivity index (χ1v) is 23.1. The molecule has 6 nitrogen and oxygen atoms in total. The van der Waals surface area contributed by atoms with E-state index in [0.717, 1.165) is 64.2 Å². The Morgan fingerprint density at radius 3 is 1.25 bits per heavy atom. The molecule has 318 valence electrons. The highest BCUT2D eigenvalue weighted by atomic mass is 16.6. The minimum Gasteiger partial charge on any atom is -0.462 e. The molecule has 0 aromatic rings. The van der Waals surface area contributed by atoms with E-state index >= 15 is 0 Å². The number of hydrogen-bond donors (Lipinski definition) is 0. The molecule has 0 radical (unpaired) electrons. The second-order valence-electron chi connectivity index (χ2n) is 15.3. The van der Waals surface area contributed by atoms with Gasteiger partial charge in [0.05, 0.1) is 6.42 Å². The van der Waals surface area contributed by atoms with Crippen molar-refractivity contribution < 1.29 is 28.6 Å². The second-order valence-corrected chi connectivity index (χ2v) is 15.3. The summed E-state index contributed by atoms with van der Waals surface area (Å²) in [6, 6.07) is 0. The van der Waals surface area contributed by atoms with Gasteiger partial charge in [-0.3, -0.25) is 14.4 Å². The summed E-state index contributed by atoms with van der Waals surface area (Å²) >= 11 is 0. The van der Waals surface area contributed by atoms with Crippen molar-refractivity contribution in [3.63, 3.8) is 0 Å². The van der Waals surface area contributed by atoms with Crippen molar-refractivity contribution >= 4 is 17.9 Å². The molecule has 0 aliphatic carbocycles. The highest BCUT2D eigenvalue weighted by Gasteiger charge is 2.19. The van der Waals surface area contributed by atoms with Crippen LogP contribution in [0.5, 0.6) is 0 Å². The lowest BCUT2D eigenvalue weighted by Gasteiger charge is -2.18. The van der Waals surface area contributed by atoms with Crippen molar-refractivity contribution in [2.24, 2.45) is 0 Å². The molecule has 55 heavy (non-hydrogen) atoms. The molecule has 0 amide bonds. The number of unbranched alkanes of at least 4 members (excludes halogenated alkanes) is 23. The van der Waals surface area contributed by atoms with Crippen LogP contribution in [-0.4, -0.2) is 37.2 Å². The van der Waals surface area contributed by atoms with Gasteiger partial charge < -0.3 is 14.2 Å². The Kier molecular flexibility index (Phi) is 42.0. The molecule has 0 saturated heterocycles. The molecule has 0 rings (SSSR count). The zero-order valence-corrected chi connectivity index (χ0v) is 36.2. The van der Waals surface area contributed by atoms with Gasteiger partial charge in [0, 0.05) is 12.8 Å². The zero-order valence-electron chi connectivity index (χ0n) is 36.2. The second kappa shape index (κ2) is 44.1. The van der Waals surface area contributed by atoms with Gasteiger partial charge in [0.1, 0.15) is 13.2 Å². The smallest absolute Gasteiger partial charge is 0.309 e. The molecule has 1 unspecified atom stereocenters. The van der Waals surface area contributed by atoms with Crippen LogP contribution in [0, 0.1) is 0 Å². The van der Waals surface area contributed by atoms with Crippen LogP contribution < -0.4 is 0 Å². The standard InChI is InChI=1S/C49H86O6/c1-4-7-10-13-16-19-21-23-24-25-26-28-30-33-36-39-42-48(51)54-45-46(44-53-47(50)41-38-35-32-29-18-15-12-9-6-3)55-49(52)43-40-37-34-31-27-22-20-17-14-11-8-5-2/h9,12,18,24-25,29,35,38,46H,4-8,10-11,13-17,19-23,26-28,30-34,36-37,39-45H2,1-3H3/b12-9-,25-24-,29-18-,38-35-. The topological polar surface area (TPSA) is 78.9 Å². The fraction of sp³-hybridized carbons (Fsp3) is 0.776. The quantitative estimate of drug-likeness (QED) is 0.0267. The lowest BCUT2D eigenvalue weighted by molar-refractivity contribution is -0.166. The SMILES string of the molecule is CC/C=C\C/C=C\C/C=C\CC(=O)OCC(COC(=O)CCCCCCC/C=C\CCCCCCCCC)OC(=O)CCCCCCCCCCCCCC. The molecule has 0 aliphatic rings. The van der Waals surface area contributed by atoms with E-state index in [1.165, 1.54) is 122 Å². The fourth-order valence-corrected chi connectivity index (χ4v) is 6.38. The Balaban J connectivity index is 4.39. The average Bonchev–Trinajstić information content (AvgIpc) is 3.18.